The number of hydrogen-bond acceptors (Lipinski definition) is 4. The minimum Gasteiger partial charge on any atom is -0.497 e. The van der Waals surface area contributed by atoms with Crippen LogP contribution >= 0.6 is 34.8 Å². The molecular formula is C14H12Cl3NO4S. The number of nitrogens with one attached hydrogen (secondary N) is 1. The minimum absolute atomic E-state index is 0.0474. The van der Waals surface area contributed by atoms with Crippen molar-refractivity contribution in [3.63, 3.8) is 0 Å². The first-order valence-corrected chi connectivity index (χ1v) is 8.79. The van der Waals surface area contributed by atoms with Gasteiger partial charge in [0.05, 0.1) is 35.0 Å². The molecule has 124 valence electrons. The van der Waals surface area contributed by atoms with Gasteiger partial charge in [-0.3, -0.25) is 4.72 Å². The third-order valence-electron chi connectivity index (χ3n) is 2.92. The molecule has 0 amide bonds. The van der Waals surface area contributed by atoms with E-state index < -0.39 is 10.0 Å². The van der Waals surface area contributed by atoms with Crippen LogP contribution in [0, 0.1) is 0 Å². The quantitative estimate of drug-likeness (QED) is 0.758. The second kappa shape index (κ2) is 7.05. The summed E-state index contributed by atoms with van der Waals surface area (Å²) in [6.07, 6.45) is 0. The fraction of sp³-hybridized carbons (Fsp3) is 0.143. The van der Waals surface area contributed by atoms with E-state index in [1.54, 1.807) is 12.1 Å². The lowest BCUT2D eigenvalue weighted by Gasteiger charge is -2.14. The summed E-state index contributed by atoms with van der Waals surface area (Å²) in [6.45, 7) is 0. The number of hydrogen-bond donors (Lipinski definition) is 1. The van der Waals surface area contributed by atoms with Gasteiger partial charge in [-0.2, -0.15) is 0 Å². The van der Waals surface area contributed by atoms with Gasteiger partial charge in [0, 0.05) is 6.07 Å². The first-order valence-electron chi connectivity index (χ1n) is 6.18. The van der Waals surface area contributed by atoms with Gasteiger partial charge in [0.15, 0.2) is 0 Å². The number of rotatable bonds is 5. The van der Waals surface area contributed by atoms with Crippen molar-refractivity contribution in [3.05, 3.63) is 45.4 Å². The summed E-state index contributed by atoms with van der Waals surface area (Å²) in [4.78, 5) is -0.196. The van der Waals surface area contributed by atoms with Crippen LogP contribution in [0.1, 0.15) is 0 Å². The first kappa shape index (κ1) is 18.0. The van der Waals surface area contributed by atoms with E-state index in [2.05, 4.69) is 4.72 Å². The smallest absolute Gasteiger partial charge is 0.263 e. The fourth-order valence-corrected chi connectivity index (χ4v) is 3.87. The van der Waals surface area contributed by atoms with Crippen LogP contribution in [0.25, 0.3) is 0 Å². The third kappa shape index (κ3) is 3.95. The molecule has 0 unspecified atom stereocenters. The van der Waals surface area contributed by atoms with E-state index in [-0.39, 0.29) is 25.7 Å². The standard InChI is InChI=1S/C14H12Cl3NO4S/c1-21-8-3-4-13(22-2)12(5-8)18-23(19,20)14-7-10(16)9(15)6-11(14)17/h3-7,18H,1-2H3. The van der Waals surface area contributed by atoms with E-state index in [1.165, 1.54) is 32.4 Å². The van der Waals surface area contributed by atoms with Crippen molar-refractivity contribution in [1.82, 2.24) is 0 Å². The predicted octanol–water partition coefficient (Wildman–Crippen LogP) is 4.46. The zero-order valence-electron chi connectivity index (χ0n) is 12.1. The van der Waals surface area contributed by atoms with E-state index in [4.69, 9.17) is 44.3 Å². The predicted molar refractivity (Wildman–Crippen MR) is 91.8 cm³/mol. The average molecular weight is 397 g/mol. The zero-order valence-corrected chi connectivity index (χ0v) is 15.1. The largest absolute Gasteiger partial charge is 0.497 e. The molecule has 0 aliphatic carbocycles. The number of ether oxygens (including phenoxy) is 2. The van der Waals surface area contributed by atoms with E-state index >= 15 is 0 Å². The molecule has 23 heavy (non-hydrogen) atoms. The molecule has 0 fully saturated rings. The van der Waals surface area contributed by atoms with Crippen molar-refractivity contribution in [3.8, 4) is 11.5 Å². The molecular weight excluding hydrogens is 385 g/mol. The van der Waals surface area contributed by atoms with Crippen LogP contribution < -0.4 is 14.2 Å². The molecule has 0 aliphatic rings. The molecule has 0 bridgehead atoms. The van der Waals surface area contributed by atoms with E-state index in [0.717, 1.165) is 0 Å². The Morgan fingerprint density at radius 3 is 2.17 bits per heavy atom. The van der Waals surface area contributed by atoms with Gasteiger partial charge >= 0.3 is 0 Å². The lowest BCUT2D eigenvalue weighted by Crippen LogP contribution is -2.14. The summed E-state index contributed by atoms with van der Waals surface area (Å²) < 4.78 is 37.7. The van der Waals surface area contributed by atoms with Crippen LogP contribution in [0.4, 0.5) is 5.69 Å². The van der Waals surface area contributed by atoms with Crippen molar-refractivity contribution in [2.45, 2.75) is 4.90 Å². The second-order valence-corrected chi connectivity index (χ2v) is 7.24. The summed E-state index contributed by atoms with van der Waals surface area (Å²) in [6, 6.07) is 7.15. The number of halogens is 3. The molecule has 2 aromatic carbocycles. The molecule has 9 heteroatoms. The van der Waals surface area contributed by atoms with Crippen LogP contribution in [-0.4, -0.2) is 22.6 Å². The van der Waals surface area contributed by atoms with E-state index in [1.807, 2.05) is 0 Å². The van der Waals surface area contributed by atoms with Crippen LogP contribution in [0.5, 0.6) is 11.5 Å². The van der Waals surface area contributed by atoms with Crippen LogP contribution in [0.3, 0.4) is 0 Å². The topological polar surface area (TPSA) is 64.6 Å². The molecule has 0 heterocycles. The Labute approximate surface area is 149 Å². The van der Waals surface area contributed by atoms with Crippen molar-refractivity contribution >= 4 is 50.5 Å². The SMILES string of the molecule is COc1ccc(OC)c(NS(=O)(=O)c2cc(Cl)c(Cl)cc2Cl)c1. The lowest BCUT2D eigenvalue weighted by atomic mass is 10.3. The highest BCUT2D eigenvalue weighted by atomic mass is 35.5. The fourth-order valence-electron chi connectivity index (χ4n) is 1.80. The molecule has 0 aliphatic heterocycles. The van der Waals surface area contributed by atoms with Crippen LogP contribution in [0.15, 0.2) is 35.2 Å². The average Bonchev–Trinajstić information content (AvgIpc) is 2.50. The molecule has 2 rings (SSSR count). The highest BCUT2D eigenvalue weighted by Gasteiger charge is 2.22. The normalized spacial score (nSPS) is 11.2. The third-order valence-corrected chi connectivity index (χ3v) is 5.47. The van der Waals surface area contributed by atoms with Crippen LogP contribution in [0.2, 0.25) is 15.1 Å². The Morgan fingerprint density at radius 1 is 0.913 bits per heavy atom. The van der Waals surface area contributed by atoms with E-state index in [0.29, 0.717) is 11.5 Å². The van der Waals surface area contributed by atoms with Crippen molar-refractivity contribution in [1.29, 1.82) is 0 Å². The summed E-state index contributed by atoms with van der Waals surface area (Å²) in [5.41, 5.74) is 0.203. The minimum atomic E-state index is -4.00. The summed E-state index contributed by atoms with van der Waals surface area (Å²) in [7, 11) is -1.11. The molecule has 0 saturated heterocycles. The number of methoxy groups -OCH3 is 2. The maximum absolute atomic E-state index is 12.6. The molecule has 2 aromatic rings. The highest BCUT2D eigenvalue weighted by Crippen LogP contribution is 2.35. The van der Waals surface area contributed by atoms with Gasteiger partial charge in [-0.05, 0) is 24.3 Å². The molecule has 0 spiro atoms. The Balaban J connectivity index is 2.49. The molecule has 5 nitrogen and oxygen atoms in total. The van der Waals surface area contributed by atoms with Gasteiger partial charge in [-0.15, -0.1) is 0 Å². The Bertz CT molecular complexity index is 840. The molecule has 0 saturated carbocycles. The first-order chi connectivity index (χ1) is 10.8. The van der Waals surface area contributed by atoms with Gasteiger partial charge in [0.2, 0.25) is 0 Å². The molecule has 0 atom stereocenters. The van der Waals surface area contributed by atoms with Crippen molar-refractivity contribution in [2.75, 3.05) is 18.9 Å². The van der Waals surface area contributed by atoms with Crippen molar-refractivity contribution in [2.24, 2.45) is 0 Å². The molecule has 0 radical (unpaired) electrons. The lowest BCUT2D eigenvalue weighted by molar-refractivity contribution is 0.405. The second-order valence-electron chi connectivity index (χ2n) is 4.37. The zero-order chi connectivity index (χ0) is 17.2. The summed E-state index contributed by atoms with van der Waals surface area (Å²) in [5.74, 6) is 0.786. The maximum Gasteiger partial charge on any atom is 0.263 e. The van der Waals surface area contributed by atoms with Crippen molar-refractivity contribution < 1.29 is 17.9 Å². The Kier molecular flexibility index (Phi) is 5.52. The van der Waals surface area contributed by atoms with Gasteiger partial charge in [-0.1, -0.05) is 34.8 Å². The number of benzene rings is 2. The molecule has 0 aromatic heterocycles. The monoisotopic (exact) mass is 395 g/mol. The maximum atomic E-state index is 12.6. The van der Waals surface area contributed by atoms with E-state index in [9.17, 15) is 8.42 Å². The van der Waals surface area contributed by atoms with Gasteiger partial charge in [0.25, 0.3) is 10.0 Å². The van der Waals surface area contributed by atoms with Gasteiger partial charge in [0.1, 0.15) is 16.4 Å². The number of anilines is 1. The molecule has 1 N–H and O–H groups in total. The van der Waals surface area contributed by atoms with Crippen LogP contribution in [-0.2, 0) is 10.0 Å². The summed E-state index contributed by atoms with van der Waals surface area (Å²) >= 11 is 17.7. The van der Waals surface area contributed by atoms with Gasteiger partial charge < -0.3 is 9.47 Å². The van der Waals surface area contributed by atoms with Gasteiger partial charge in [-0.25, -0.2) is 8.42 Å². The summed E-state index contributed by atoms with van der Waals surface area (Å²) in [5, 5.41) is 0.192. The number of sulfonamides is 1. The Morgan fingerprint density at radius 2 is 1.57 bits per heavy atom. The Hall–Kier alpha value is -1.34. The highest BCUT2D eigenvalue weighted by molar-refractivity contribution is 7.92.